The van der Waals surface area contributed by atoms with E-state index in [4.69, 9.17) is 11.6 Å². The van der Waals surface area contributed by atoms with Crippen molar-refractivity contribution >= 4 is 29.2 Å². The third-order valence-electron chi connectivity index (χ3n) is 3.76. The molecule has 1 aliphatic rings. The molecule has 1 aliphatic heterocycles. The average molecular weight is 322 g/mol. The minimum absolute atomic E-state index is 0.224. The molecule has 0 N–H and O–H groups in total. The number of piperidine rings is 1. The Morgan fingerprint density at radius 1 is 1.23 bits per heavy atom. The number of carbonyl (C=O) groups excluding carboxylic acids is 1. The van der Waals surface area contributed by atoms with E-state index in [1.807, 2.05) is 40.0 Å². The zero-order valence-corrected chi connectivity index (χ0v) is 14.5. The Kier molecular flexibility index (Phi) is 5.12. The molecular formula is C17H24ClN3O. The summed E-state index contributed by atoms with van der Waals surface area (Å²) in [6.45, 7) is 6.97. The fraction of sp³-hybridized carbons (Fsp3) is 0.529. The molecule has 0 aliphatic carbocycles. The first-order valence-electron chi connectivity index (χ1n) is 7.67. The van der Waals surface area contributed by atoms with Gasteiger partial charge in [0, 0.05) is 36.3 Å². The van der Waals surface area contributed by atoms with Crippen LogP contribution >= 0.6 is 11.6 Å². The van der Waals surface area contributed by atoms with E-state index in [-0.39, 0.29) is 11.6 Å². The molecule has 120 valence electrons. The van der Waals surface area contributed by atoms with Crippen LogP contribution in [-0.2, 0) is 0 Å². The summed E-state index contributed by atoms with van der Waals surface area (Å²) in [5.74, 6) is 0.875. The number of likely N-dealkylation sites (tertiary alicyclic amines) is 1. The van der Waals surface area contributed by atoms with Gasteiger partial charge in [-0.1, -0.05) is 11.6 Å². The molecule has 0 atom stereocenters. The van der Waals surface area contributed by atoms with Crippen LogP contribution in [0.4, 0.5) is 10.5 Å². The average Bonchev–Trinajstić information content (AvgIpc) is 2.42. The Hall–Kier alpha value is -1.55. The van der Waals surface area contributed by atoms with Crippen LogP contribution in [0.15, 0.2) is 29.3 Å². The SMILES string of the molecule is CN1CCCC/C1=N/C(=O)N(c1ccc(Cl)cc1)C(C)(C)C. The number of amides is 2. The van der Waals surface area contributed by atoms with Gasteiger partial charge in [-0.05, 0) is 57.9 Å². The Labute approximate surface area is 137 Å². The van der Waals surface area contributed by atoms with Crippen molar-refractivity contribution in [1.29, 1.82) is 0 Å². The number of nitrogens with zero attached hydrogens (tertiary/aromatic N) is 3. The van der Waals surface area contributed by atoms with Gasteiger partial charge in [-0.15, -0.1) is 0 Å². The van der Waals surface area contributed by atoms with Crippen LogP contribution in [0.1, 0.15) is 40.0 Å². The minimum atomic E-state index is -0.359. The number of carbonyl (C=O) groups is 1. The number of hydrogen-bond acceptors (Lipinski definition) is 1. The van der Waals surface area contributed by atoms with Gasteiger partial charge in [-0.2, -0.15) is 4.99 Å². The van der Waals surface area contributed by atoms with Crippen molar-refractivity contribution in [2.75, 3.05) is 18.5 Å². The summed E-state index contributed by atoms with van der Waals surface area (Å²) in [6, 6.07) is 7.08. The number of urea groups is 1. The van der Waals surface area contributed by atoms with E-state index in [1.165, 1.54) is 0 Å². The predicted octanol–water partition coefficient (Wildman–Crippen LogP) is 4.58. The van der Waals surface area contributed by atoms with Crippen molar-refractivity contribution in [3.63, 3.8) is 0 Å². The number of halogens is 1. The first-order chi connectivity index (χ1) is 10.3. The highest BCUT2D eigenvalue weighted by molar-refractivity contribution is 6.30. The molecule has 4 nitrogen and oxygen atoms in total. The zero-order valence-electron chi connectivity index (χ0n) is 13.8. The van der Waals surface area contributed by atoms with E-state index >= 15 is 0 Å². The molecule has 1 aromatic rings. The smallest absolute Gasteiger partial charge is 0.350 e. The summed E-state index contributed by atoms with van der Waals surface area (Å²) >= 11 is 5.95. The summed E-state index contributed by atoms with van der Waals surface area (Å²) in [5.41, 5.74) is 0.451. The topological polar surface area (TPSA) is 35.9 Å². The van der Waals surface area contributed by atoms with Gasteiger partial charge in [0.15, 0.2) is 0 Å². The number of rotatable bonds is 1. The number of aliphatic imine (C=N–C) groups is 1. The second-order valence-corrected chi connectivity index (χ2v) is 7.11. The molecule has 1 saturated heterocycles. The first-order valence-corrected chi connectivity index (χ1v) is 8.05. The van der Waals surface area contributed by atoms with Crippen LogP contribution in [0.2, 0.25) is 5.02 Å². The number of anilines is 1. The fourth-order valence-electron chi connectivity index (χ4n) is 2.63. The van der Waals surface area contributed by atoms with E-state index in [9.17, 15) is 4.79 Å². The predicted molar refractivity (Wildman–Crippen MR) is 93.0 cm³/mol. The summed E-state index contributed by atoms with van der Waals surface area (Å²) in [5, 5.41) is 0.656. The lowest BCUT2D eigenvalue weighted by atomic mass is 10.1. The molecule has 1 fully saturated rings. The highest BCUT2D eigenvalue weighted by Gasteiger charge is 2.29. The highest BCUT2D eigenvalue weighted by atomic mass is 35.5. The van der Waals surface area contributed by atoms with Crippen molar-refractivity contribution in [3.05, 3.63) is 29.3 Å². The molecule has 0 saturated carbocycles. The van der Waals surface area contributed by atoms with Crippen LogP contribution in [0.5, 0.6) is 0 Å². The lowest BCUT2D eigenvalue weighted by Gasteiger charge is -2.35. The molecule has 0 unspecified atom stereocenters. The normalized spacial score (nSPS) is 17.7. The third-order valence-corrected chi connectivity index (χ3v) is 4.01. The van der Waals surface area contributed by atoms with Gasteiger partial charge in [-0.3, -0.25) is 4.90 Å². The van der Waals surface area contributed by atoms with E-state index in [1.54, 1.807) is 17.0 Å². The molecule has 1 heterocycles. The standard InChI is InChI=1S/C17H24ClN3O/c1-17(2,3)21(14-10-8-13(18)9-11-14)16(22)19-15-7-5-6-12-20(15)4/h8-11H,5-7,12H2,1-4H3/b19-15-. The molecule has 0 bridgehead atoms. The Bertz CT molecular complexity index is 560. The van der Waals surface area contributed by atoms with E-state index in [0.29, 0.717) is 5.02 Å². The molecule has 2 rings (SSSR count). The van der Waals surface area contributed by atoms with Gasteiger partial charge in [0.2, 0.25) is 0 Å². The van der Waals surface area contributed by atoms with Crippen LogP contribution in [-0.4, -0.2) is 35.9 Å². The summed E-state index contributed by atoms with van der Waals surface area (Å²) in [4.78, 5) is 20.9. The monoisotopic (exact) mass is 321 g/mol. The van der Waals surface area contributed by atoms with Crippen molar-refractivity contribution in [1.82, 2.24) is 4.90 Å². The van der Waals surface area contributed by atoms with Crippen LogP contribution in [0.3, 0.4) is 0 Å². The zero-order chi connectivity index (χ0) is 16.3. The summed E-state index contributed by atoms with van der Waals surface area (Å²) in [6.07, 6.45) is 3.11. The maximum atomic E-state index is 12.8. The minimum Gasteiger partial charge on any atom is -0.363 e. The molecule has 5 heteroatoms. The first kappa shape index (κ1) is 16.8. The Balaban J connectivity index is 2.31. The number of amidine groups is 1. The maximum Gasteiger partial charge on any atom is 0.350 e. The molecule has 1 aromatic carbocycles. The lowest BCUT2D eigenvalue weighted by molar-refractivity contribution is 0.248. The molecular weight excluding hydrogens is 298 g/mol. The van der Waals surface area contributed by atoms with Gasteiger partial charge >= 0.3 is 6.03 Å². The molecule has 0 aromatic heterocycles. The number of benzene rings is 1. The Morgan fingerprint density at radius 3 is 2.41 bits per heavy atom. The van der Waals surface area contributed by atoms with Crippen molar-refractivity contribution in [2.24, 2.45) is 4.99 Å². The van der Waals surface area contributed by atoms with Crippen LogP contribution in [0.25, 0.3) is 0 Å². The largest absolute Gasteiger partial charge is 0.363 e. The molecule has 0 radical (unpaired) electrons. The second kappa shape index (κ2) is 6.69. The van der Waals surface area contributed by atoms with Crippen LogP contribution < -0.4 is 4.90 Å². The van der Waals surface area contributed by atoms with Crippen molar-refractivity contribution < 1.29 is 4.79 Å². The highest BCUT2D eigenvalue weighted by Crippen LogP contribution is 2.26. The third kappa shape index (κ3) is 4.01. The van der Waals surface area contributed by atoms with Crippen molar-refractivity contribution in [2.45, 2.75) is 45.6 Å². The van der Waals surface area contributed by atoms with Gasteiger partial charge in [0.05, 0.1) is 0 Å². The maximum absolute atomic E-state index is 12.8. The molecule has 0 spiro atoms. The van der Waals surface area contributed by atoms with Crippen LogP contribution in [0, 0.1) is 0 Å². The van der Waals surface area contributed by atoms with E-state index in [2.05, 4.69) is 9.89 Å². The second-order valence-electron chi connectivity index (χ2n) is 6.67. The lowest BCUT2D eigenvalue weighted by Crippen LogP contribution is -2.45. The van der Waals surface area contributed by atoms with Gasteiger partial charge in [0.25, 0.3) is 0 Å². The molecule has 2 amide bonds. The summed E-state index contributed by atoms with van der Waals surface area (Å²) < 4.78 is 0. The van der Waals surface area contributed by atoms with Gasteiger partial charge in [-0.25, -0.2) is 4.79 Å². The van der Waals surface area contributed by atoms with Gasteiger partial charge in [0.1, 0.15) is 5.84 Å². The fourth-order valence-corrected chi connectivity index (χ4v) is 2.75. The van der Waals surface area contributed by atoms with E-state index in [0.717, 1.165) is 37.3 Å². The Morgan fingerprint density at radius 2 is 1.86 bits per heavy atom. The van der Waals surface area contributed by atoms with Crippen molar-refractivity contribution in [3.8, 4) is 0 Å². The number of hydrogen-bond donors (Lipinski definition) is 0. The van der Waals surface area contributed by atoms with E-state index < -0.39 is 0 Å². The summed E-state index contributed by atoms with van der Waals surface area (Å²) in [7, 11) is 2.00. The van der Waals surface area contributed by atoms with Gasteiger partial charge < -0.3 is 4.90 Å². The quantitative estimate of drug-likeness (QED) is 0.759. The molecule has 22 heavy (non-hydrogen) atoms.